The van der Waals surface area contributed by atoms with Gasteiger partial charge in [0.2, 0.25) is 0 Å². The van der Waals surface area contributed by atoms with Crippen LogP contribution in [-0.2, 0) is 0 Å². The molecule has 11 N–H and O–H groups in total. The van der Waals surface area contributed by atoms with Crippen molar-refractivity contribution in [2.45, 2.75) is 0 Å². The van der Waals surface area contributed by atoms with Crippen LogP contribution in [0, 0.1) is 0 Å². The number of hydrogen-bond donors (Lipinski definition) is 10. The molecule has 12 heteroatoms. The van der Waals surface area contributed by atoms with Crippen LogP contribution in [0.1, 0.15) is 0 Å². The monoisotopic (exact) mass is 583 g/mol. The first-order valence-corrected chi connectivity index (χ1v) is 14.2. The molecule has 0 fully saturated rings. The Bertz CT molecular complexity index is 1080. The van der Waals surface area contributed by atoms with E-state index in [9.17, 15) is 5.11 Å². The van der Waals surface area contributed by atoms with Crippen molar-refractivity contribution in [3.8, 4) is 5.75 Å². The normalized spacial score (nSPS) is 11.2. The van der Waals surface area contributed by atoms with Gasteiger partial charge in [0.25, 0.3) is 0 Å². The summed E-state index contributed by atoms with van der Waals surface area (Å²) >= 11 is 0. The number of nitrogens with one attached hydrogen (secondary N) is 4. The summed E-state index contributed by atoms with van der Waals surface area (Å²) in [5.41, 5.74) is 11.2. The molecule has 3 rings (SSSR count). The third-order valence-electron chi connectivity index (χ3n) is 6.67. The highest BCUT2D eigenvalue weighted by Gasteiger charge is 2.10. The standard InChI is InChI=1S/C30H45N7O5/c31-27-21-30(42)29(35-26-7-3-24(4-8-26)33-10-12-37(15-19-40)16-20-41)22-28(27)34-25-5-1-23(2-6-25)32-9-11-36(13-17-38)14-18-39/h1-8,21-22,32-35,38-42H,9-20,31H2. The fourth-order valence-corrected chi connectivity index (χ4v) is 4.42. The van der Waals surface area contributed by atoms with E-state index < -0.39 is 0 Å². The Morgan fingerprint density at radius 1 is 0.524 bits per heavy atom. The van der Waals surface area contributed by atoms with Gasteiger partial charge in [-0.15, -0.1) is 0 Å². The molecule has 0 aliphatic rings. The highest BCUT2D eigenvalue weighted by atomic mass is 16.3. The first-order chi connectivity index (χ1) is 20.4. The molecule has 0 bridgehead atoms. The minimum absolute atomic E-state index is 0.0316. The second kappa shape index (κ2) is 17.9. The van der Waals surface area contributed by atoms with Gasteiger partial charge in [0.15, 0.2) is 0 Å². The van der Waals surface area contributed by atoms with Crippen molar-refractivity contribution < 1.29 is 25.5 Å². The van der Waals surface area contributed by atoms with Crippen LogP contribution in [0.3, 0.4) is 0 Å². The van der Waals surface area contributed by atoms with Crippen molar-refractivity contribution in [3.63, 3.8) is 0 Å². The molecule has 0 aromatic heterocycles. The number of benzene rings is 3. The van der Waals surface area contributed by atoms with Crippen LogP contribution in [0.25, 0.3) is 0 Å². The summed E-state index contributed by atoms with van der Waals surface area (Å²) in [6, 6.07) is 18.7. The van der Waals surface area contributed by atoms with Crippen LogP contribution in [0.4, 0.5) is 39.8 Å². The number of aliphatic hydroxyl groups excluding tert-OH is 4. The molecule has 3 aromatic carbocycles. The van der Waals surface area contributed by atoms with Gasteiger partial charge in [0.05, 0.1) is 43.5 Å². The van der Waals surface area contributed by atoms with Crippen molar-refractivity contribution in [2.24, 2.45) is 0 Å². The van der Waals surface area contributed by atoms with Gasteiger partial charge in [-0.2, -0.15) is 0 Å². The summed E-state index contributed by atoms with van der Waals surface area (Å²) in [7, 11) is 0. The second-order valence-electron chi connectivity index (χ2n) is 9.79. The molecule has 0 heterocycles. The molecular formula is C30H45N7O5. The molecule has 0 saturated carbocycles. The molecule has 0 aliphatic heterocycles. The van der Waals surface area contributed by atoms with E-state index in [1.54, 1.807) is 6.07 Å². The second-order valence-corrected chi connectivity index (χ2v) is 9.79. The number of aromatic hydroxyl groups is 1. The topological polar surface area (TPSA) is 182 Å². The first-order valence-electron chi connectivity index (χ1n) is 14.2. The third kappa shape index (κ3) is 10.9. The first kappa shape index (κ1) is 32.7. The van der Waals surface area contributed by atoms with Crippen molar-refractivity contribution in [1.82, 2.24) is 9.80 Å². The summed E-state index contributed by atoms with van der Waals surface area (Å²) in [6.07, 6.45) is 0. The zero-order valence-electron chi connectivity index (χ0n) is 24.0. The van der Waals surface area contributed by atoms with E-state index in [0.29, 0.717) is 69.4 Å². The number of hydrogen-bond acceptors (Lipinski definition) is 12. The van der Waals surface area contributed by atoms with E-state index in [-0.39, 0.29) is 32.2 Å². The Labute approximate surface area is 247 Å². The van der Waals surface area contributed by atoms with E-state index in [1.807, 2.05) is 58.3 Å². The number of rotatable bonds is 20. The minimum atomic E-state index is 0.0316. The van der Waals surface area contributed by atoms with Crippen LogP contribution < -0.4 is 27.0 Å². The lowest BCUT2D eigenvalue weighted by atomic mass is 10.2. The van der Waals surface area contributed by atoms with Crippen molar-refractivity contribution in [1.29, 1.82) is 0 Å². The maximum absolute atomic E-state index is 10.5. The summed E-state index contributed by atoms with van der Waals surface area (Å²) in [6.45, 7) is 5.07. The Morgan fingerprint density at radius 2 is 0.905 bits per heavy atom. The van der Waals surface area contributed by atoms with Gasteiger partial charge in [-0.1, -0.05) is 0 Å². The van der Waals surface area contributed by atoms with Crippen LogP contribution in [0.15, 0.2) is 60.7 Å². The molecule has 42 heavy (non-hydrogen) atoms. The predicted molar refractivity (Wildman–Crippen MR) is 170 cm³/mol. The van der Waals surface area contributed by atoms with Gasteiger partial charge in [-0.05, 0) is 54.6 Å². The number of phenolic OH excluding ortho intramolecular Hbond substituents is 1. The number of aliphatic hydroxyl groups is 4. The average molecular weight is 584 g/mol. The third-order valence-corrected chi connectivity index (χ3v) is 6.67. The number of phenols is 1. The van der Waals surface area contributed by atoms with Crippen molar-refractivity contribution >= 4 is 39.8 Å². The minimum Gasteiger partial charge on any atom is -0.506 e. The smallest absolute Gasteiger partial charge is 0.141 e. The van der Waals surface area contributed by atoms with Gasteiger partial charge < -0.3 is 52.5 Å². The molecule has 0 aliphatic carbocycles. The molecule has 0 amide bonds. The fraction of sp³-hybridized carbons (Fsp3) is 0.400. The van der Waals surface area contributed by atoms with E-state index in [0.717, 1.165) is 22.7 Å². The molecule has 12 nitrogen and oxygen atoms in total. The number of nitrogens with two attached hydrogens (primary N) is 1. The zero-order valence-corrected chi connectivity index (χ0v) is 24.0. The fourth-order valence-electron chi connectivity index (χ4n) is 4.42. The lowest BCUT2D eigenvalue weighted by Gasteiger charge is -2.20. The Balaban J connectivity index is 1.54. The lowest BCUT2D eigenvalue weighted by Crippen LogP contribution is -2.34. The maximum atomic E-state index is 10.5. The molecule has 0 atom stereocenters. The summed E-state index contributed by atoms with van der Waals surface area (Å²) in [4.78, 5) is 3.98. The highest BCUT2D eigenvalue weighted by Crippen LogP contribution is 2.36. The Morgan fingerprint density at radius 3 is 1.31 bits per heavy atom. The SMILES string of the molecule is Nc1cc(O)c(Nc2ccc(NCCN(CCO)CCO)cc2)cc1Nc1ccc(NCCN(CCO)CCO)cc1. The van der Waals surface area contributed by atoms with E-state index in [2.05, 4.69) is 21.3 Å². The largest absolute Gasteiger partial charge is 0.506 e. The number of nitrogen functional groups attached to an aromatic ring is 1. The molecule has 0 unspecified atom stereocenters. The lowest BCUT2D eigenvalue weighted by molar-refractivity contribution is 0.165. The van der Waals surface area contributed by atoms with Gasteiger partial charge in [-0.25, -0.2) is 0 Å². The molecule has 0 saturated heterocycles. The van der Waals surface area contributed by atoms with Gasteiger partial charge >= 0.3 is 0 Å². The van der Waals surface area contributed by atoms with Crippen LogP contribution in [0.5, 0.6) is 5.75 Å². The van der Waals surface area contributed by atoms with E-state index >= 15 is 0 Å². The Hall–Kier alpha value is -3.78. The molecular weight excluding hydrogens is 538 g/mol. The molecule has 0 radical (unpaired) electrons. The van der Waals surface area contributed by atoms with Crippen molar-refractivity contribution in [3.05, 3.63) is 60.7 Å². The summed E-state index contributed by atoms with van der Waals surface area (Å²) in [5.74, 6) is 0.0316. The zero-order chi connectivity index (χ0) is 30.2. The molecule has 230 valence electrons. The van der Waals surface area contributed by atoms with Crippen LogP contribution in [0.2, 0.25) is 0 Å². The quantitative estimate of drug-likeness (QED) is 0.0530. The van der Waals surface area contributed by atoms with Gasteiger partial charge in [0, 0.05) is 81.2 Å². The Kier molecular flexibility index (Phi) is 14.0. The molecule has 3 aromatic rings. The van der Waals surface area contributed by atoms with Crippen LogP contribution in [-0.4, -0.2) is 114 Å². The number of nitrogens with zero attached hydrogens (tertiary/aromatic N) is 2. The van der Waals surface area contributed by atoms with Gasteiger partial charge in [-0.3, -0.25) is 9.80 Å². The van der Waals surface area contributed by atoms with E-state index in [4.69, 9.17) is 26.2 Å². The number of anilines is 7. The highest BCUT2D eigenvalue weighted by molar-refractivity contribution is 5.82. The maximum Gasteiger partial charge on any atom is 0.141 e. The average Bonchev–Trinajstić information content (AvgIpc) is 2.98. The van der Waals surface area contributed by atoms with Crippen LogP contribution >= 0.6 is 0 Å². The van der Waals surface area contributed by atoms with Crippen molar-refractivity contribution in [2.75, 3.05) is 106 Å². The predicted octanol–water partition coefficient (Wildman–Crippen LogP) is 1.86. The van der Waals surface area contributed by atoms with E-state index in [1.165, 1.54) is 6.07 Å². The molecule has 0 spiro atoms. The summed E-state index contributed by atoms with van der Waals surface area (Å²) < 4.78 is 0. The van der Waals surface area contributed by atoms with Gasteiger partial charge in [0.1, 0.15) is 5.75 Å². The summed E-state index contributed by atoms with van der Waals surface area (Å²) in [5, 5.41) is 60.3.